The molecule has 0 saturated heterocycles. The molecule has 182 valence electrons. The summed E-state index contributed by atoms with van der Waals surface area (Å²) in [7, 11) is 0. The molecule has 7 N–H and O–H groups in total. The number of amides is 3. The maximum absolute atomic E-state index is 13.2. The number of benzene rings is 2. The van der Waals surface area contributed by atoms with Crippen molar-refractivity contribution in [1.29, 1.82) is 0 Å². The van der Waals surface area contributed by atoms with Crippen LogP contribution in [0.15, 0.2) is 60.7 Å². The summed E-state index contributed by atoms with van der Waals surface area (Å²) in [4.78, 5) is 49.2. The van der Waals surface area contributed by atoms with Gasteiger partial charge in [0.05, 0.1) is 6.10 Å². The lowest BCUT2D eigenvalue weighted by molar-refractivity contribution is -0.138. The molecule has 0 saturated carbocycles. The van der Waals surface area contributed by atoms with Crippen LogP contribution in [-0.4, -0.2) is 64.7 Å². The molecule has 0 heterocycles. The van der Waals surface area contributed by atoms with E-state index in [0.29, 0.717) is 0 Å². The number of hydrogen-bond donors (Lipinski definition) is 6. The van der Waals surface area contributed by atoms with Crippen LogP contribution in [0.2, 0.25) is 0 Å². The standard InChI is InChI=1S/C24H30N4O6/c1-15(29)21(25)24(34)28-19(13-17-10-6-3-7-11-17)23(33)27-18(22(32)26-14-20(30)31)12-16-8-4-2-5-9-16/h2-11,15,18-19,21,29H,12-14,25H2,1H3,(H,26,32)(H,27,33)(H,28,34)(H,30,31). The van der Waals surface area contributed by atoms with Crippen molar-refractivity contribution in [3.8, 4) is 0 Å². The minimum absolute atomic E-state index is 0.108. The average molecular weight is 471 g/mol. The monoisotopic (exact) mass is 470 g/mol. The van der Waals surface area contributed by atoms with E-state index in [2.05, 4.69) is 16.0 Å². The predicted octanol–water partition coefficient (Wildman–Crippen LogP) is -0.650. The van der Waals surface area contributed by atoms with Crippen molar-refractivity contribution in [2.45, 2.75) is 44.0 Å². The molecule has 0 spiro atoms. The molecule has 0 fully saturated rings. The average Bonchev–Trinajstić information content (AvgIpc) is 2.82. The van der Waals surface area contributed by atoms with Gasteiger partial charge in [-0.1, -0.05) is 60.7 Å². The second-order valence-electron chi connectivity index (χ2n) is 7.88. The van der Waals surface area contributed by atoms with Crippen molar-refractivity contribution in [2.24, 2.45) is 5.73 Å². The van der Waals surface area contributed by atoms with E-state index in [1.165, 1.54) is 6.92 Å². The van der Waals surface area contributed by atoms with Gasteiger partial charge in [0.2, 0.25) is 17.7 Å². The third-order valence-electron chi connectivity index (χ3n) is 5.07. The molecule has 34 heavy (non-hydrogen) atoms. The highest BCUT2D eigenvalue weighted by Crippen LogP contribution is 2.07. The molecule has 10 nitrogen and oxygen atoms in total. The first-order valence-corrected chi connectivity index (χ1v) is 10.8. The number of aliphatic carboxylic acids is 1. The predicted molar refractivity (Wildman–Crippen MR) is 124 cm³/mol. The van der Waals surface area contributed by atoms with Gasteiger partial charge in [0.15, 0.2) is 0 Å². The van der Waals surface area contributed by atoms with Gasteiger partial charge in [0.1, 0.15) is 24.7 Å². The lowest BCUT2D eigenvalue weighted by Crippen LogP contribution is -2.58. The Kier molecular flexibility index (Phi) is 10.2. The van der Waals surface area contributed by atoms with Crippen molar-refractivity contribution in [3.63, 3.8) is 0 Å². The summed E-state index contributed by atoms with van der Waals surface area (Å²) in [5, 5.41) is 26.0. The van der Waals surface area contributed by atoms with Crippen molar-refractivity contribution in [3.05, 3.63) is 71.8 Å². The van der Waals surface area contributed by atoms with Crippen LogP contribution in [0.4, 0.5) is 0 Å². The largest absolute Gasteiger partial charge is 0.480 e. The van der Waals surface area contributed by atoms with Gasteiger partial charge < -0.3 is 31.9 Å². The van der Waals surface area contributed by atoms with E-state index in [-0.39, 0.29) is 12.8 Å². The van der Waals surface area contributed by atoms with Crippen molar-refractivity contribution in [2.75, 3.05) is 6.54 Å². The number of aliphatic hydroxyl groups excluding tert-OH is 1. The van der Waals surface area contributed by atoms with Gasteiger partial charge in [-0.05, 0) is 18.1 Å². The number of carbonyl (C=O) groups is 4. The third-order valence-corrected chi connectivity index (χ3v) is 5.07. The summed E-state index contributed by atoms with van der Waals surface area (Å²) in [5.74, 6) is -3.27. The van der Waals surface area contributed by atoms with Crippen LogP contribution in [0, 0.1) is 0 Å². The van der Waals surface area contributed by atoms with Crippen molar-refractivity contribution < 1.29 is 29.4 Å². The number of carbonyl (C=O) groups excluding carboxylic acids is 3. The molecule has 3 amide bonds. The van der Waals surface area contributed by atoms with Crippen LogP contribution in [0.5, 0.6) is 0 Å². The first-order chi connectivity index (χ1) is 16.2. The third kappa shape index (κ3) is 8.64. The molecule has 0 bridgehead atoms. The number of rotatable bonds is 12. The molecule has 0 aliphatic heterocycles. The summed E-state index contributed by atoms with van der Waals surface area (Å²) in [5.41, 5.74) is 7.21. The fourth-order valence-corrected chi connectivity index (χ4v) is 3.16. The summed E-state index contributed by atoms with van der Waals surface area (Å²) >= 11 is 0. The van der Waals surface area contributed by atoms with Gasteiger partial charge in [-0.2, -0.15) is 0 Å². The van der Waals surface area contributed by atoms with Gasteiger partial charge in [0, 0.05) is 12.8 Å². The van der Waals surface area contributed by atoms with Crippen LogP contribution in [0.25, 0.3) is 0 Å². The van der Waals surface area contributed by atoms with E-state index in [4.69, 9.17) is 10.8 Å². The Morgan fingerprint density at radius 3 is 1.68 bits per heavy atom. The normalized spacial score (nSPS) is 14.2. The highest BCUT2D eigenvalue weighted by molar-refractivity contribution is 5.94. The zero-order valence-corrected chi connectivity index (χ0v) is 18.8. The molecule has 0 radical (unpaired) electrons. The molecule has 2 aromatic rings. The van der Waals surface area contributed by atoms with Crippen LogP contribution < -0.4 is 21.7 Å². The topological polar surface area (TPSA) is 171 Å². The molecule has 2 rings (SSSR count). The van der Waals surface area contributed by atoms with Crippen LogP contribution in [0.3, 0.4) is 0 Å². The van der Waals surface area contributed by atoms with Crippen LogP contribution in [0.1, 0.15) is 18.1 Å². The van der Waals surface area contributed by atoms with E-state index >= 15 is 0 Å². The molecule has 4 unspecified atom stereocenters. The number of nitrogens with one attached hydrogen (secondary N) is 3. The fraction of sp³-hybridized carbons (Fsp3) is 0.333. The first kappa shape index (κ1) is 26.5. The van der Waals surface area contributed by atoms with E-state index < -0.39 is 54.5 Å². The summed E-state index contributed by atoms with van der Waals surface area (Å²) in [6.07, 6.45) is -0.912. The van der Waals surface area contributed by atoms with Gasteiger partial charge in [-0.3, -0.25) is 19.2 Å². The highest BCUT2D eigenvalue weighted by Gasteiger charge is 2.29. The Bertz CT molecular complexity index is 968. The molecule has 0 aliphatic rings. The number of hydrogen-bond acceptors (Lipinski definition) is 6. The van der Waals surface area contributed by atoms with Crippen molar-refractivity contribution in [1.82, 2.24) is 16.0 Å². The number of carboxylic acids is 1. The summed E-state index contributed by atoms with van der Waals surface area (Å²) in [6, 6.07) is 14.4. The maximum Gasteiger partial charge on any atom is 0.322 e. The Morgan fingerprint density at radius 2 is 1.24 bits per heavy atom. The Balaban J connectivity index is 2.23. The number of carboxylic acid groups (broad SMARTS) is 1. The molecule has 0 aromatic heterocycles. The zero-order chi connectivity index (χ0) is 25.1. The number of aliphatic hydroxyl groups is 1. The lowest BCUT2D eigenvalue weighted by atomic mass is 10.0. The van der Waals surface area contributed by atoms with E-state index in [9.17, 15) is 24.3 Å². The zero-order valence-electron chi connectivity index (χ0n) is 18.8. The minimum atomic E-state index is -1.25. The quantitative estimate of drug-likeness (QED) is 0.239. The Hall–Kier alpha value is -3.76. The van der Waals surface area contributed by atoms with Gasteiger partial charge >= 0.3 is 5.97 Å². The van der Waals surface area contributed by atoms with Gasteiger partial charge in [0.25, 0.3) is 0 Å². The van der Waals surface area contributed by atoms with E-state index in [1.54, 1.807) is 54.6 Å². The molecule has 4 atom stereocenters. The minimum Gasteiger partial charge on any atom is -0.480 e. The van der Waals surface area contributed by atoms with Crippen LogP contribution in [-0.2, 0) is 32.0 Å². The summed E-state index contributed by atoms with van der Waals surface area (Å²) < 4.78 is 0. The van der Waals surface area contributed by atoms with Crippen molar-refractivity contribution >= 4 is 23.7 Å². The smallest absolute Gasteiger partial charge is 0.322 e. The van der Waals surface area contributed by atoms with Crippen LogP contribution >= 0.6 is 0 Å². The van der Waals surface area contributed by atoms with Gasteiger partial charge in [-0.25, -0.2) is 0 Å². The Morgan fingerprint density at radius 1 is 0.794 bits per heavy atom. The summed E-state index contributed by atoms with van der Waals surface area (Å²) in [6.45, 7) is 0.757. The second-order valence-corrected chi connectivity index (χ2v) is 7.88. The Labute approximate surface area is 197 Å². The molecule has 10 heteroatoms. The second kappa shape index (κ2) is 13.1. The SMILES string of the molecule is CC(O)C(N)C(=O)NC(Cc1ccccc1)C(=O)NC(Cc1ccccc1)C(=O)NCC(=O)O. The number of nitrogens with two attached hydrogens (primary N) is 1. The molecule has 0 aliphatic carbocycles. The first-order valence-electron chi connectivity index (χ1n) is 10.8. The highest BCUT2D eigenvalue weighted by atomic mass is 16.4. The lowest BCUT2D eigenvalue weighted by Gasteiger charge is -2.25. The van der Waals surface area contributed by atoms with E-state index in [0.717, 1.165) is 11.1 Å². The molecular weight excluding hydrogens is 440 g/mol. The maximum atomic E-state index is 13.2. The van der Waals surface area contributed by atoms with Gasteiger partial charge in [-0.15, -0.1) is 0 Å². The molecule has 2 aromatic carbocycles. The fourth-order valence-electron chi connectivity index (χ4n) is 3.16. The van der Waals surface area contributed by atoms with E-state index in [1.807, 2.05) is 6.07 Å². The molecular formula is C24H30N4O6.